The molecule has 1 aliphatic rings. The summed E-state index contributed by atoms with van der Waals surface area (Å²) in [5.74, 6) is 0.474. The lowest BCUT2D eigenvalue weighted by Gasteiger charge is -2.18. The molecule has 0 atom stereocenters. The molecule has 18 heavy (non-hydrogen) atoms. The number of ether oxygens (including phenoxy) is 2. The fraction of sp³-hybridized carbons (Fsp3) is 0.643. The molecular weight excluding hydrogens is 228 g/mol. The van der Waals surface area contributed by atoms with Crippen molar-refractivity contribution < 1.29 is 9.47 Å². The van der Waals surface area contributed by atoms with Gasteiger partial charge in [-0.25, -0.2) is 4.99 Å². The van der Waals surface area contributed by atoms with Gasteiger partial charge < -0.3 is 9.47 Å². The van der Waals surface area contributed by atoms with Crippen LogP contribution in [0.1, 0.15) is 20.3 Å². The number of hydrogen-bond donors (Lipinski definition) is 0. The van der Waals surface area contributed by atoms with E-state index >= 15 is 0 Å². The summed E-state index contributed by atoms with van der Waals surface area (Å²) in [5, 5.41) is 0. The van der Waals surface area contributed by atoms with Crippen LogP contribution in [0.2, 0.25) is 0 Å². The molecule has 0 amide bonds. The van der Waals surface area contributed by atoms with E-state index in [0.29, 0.717) is 12.5 Å². The summed E-state index contributed by atoms with van der Waals surface area (Å²) >= 11 is 0. The molecule has 1 heterocycles. The average molecular weight is 252 g/mol. The van der Waals surface area contributed by atoms with Gasteiger partial charge in [-0.2, -0.15) is 0 Å². The van der Waals surface area contributed by atoms with Gasteiger partial charge in [0.1, 0.15) is 6.61 Å². The normalized spacial score (nSPS) is 18.9. The predicted octanol–water partition coefficient (Wildman–Crippen LogP) is 2.23. The topological polar surface area (TPSA) is 34.1 Å². The highest BCUT2D eigenvalue weighted by molar-refractivity contribution is 5.78. The van der Waals surface area contributed by atoms with Crippen LogP contribution in [0.3, 0.4) is 0 Å². The molecular formula is C14H24N2O2. The van der Waals surface area contributed by atoms with E-state index in [1.54, 1.807) is 6.21 Å². The van der Waals surface area contributed by atoms with Crippen LogP contribution in [-0.4, -0.2) is 50.6 Å². The standard InChI is InChI=1S/C14H24N2O2/c1-4-13(2)12-15-14(3)18-11-8-16-6-5-9-17-10-7-16/h4,12H,3,5-11H2,1-2H3/b13-4-,15-12-. The summed E-state index contributed by atoms with van der Waals surface area (Å²) in [6.45, 7) is 13.0. The molecule has 0 saturated carbocycles. The van der Waals surface area contributed by atoms with Crippen LogP contribution < -0.4 is 0 Å². The minimum Gasteiger partial charge on any atom is -0.477 e. The number of nitrogens with zero attached hydrogens (tertiary/aromatic N) is 2. The molecule has 0 aromatic carbocycles. The monoisotopic (exact) mass is 252 g/mol. The molecule has 4 nitrogen and oxygen atoms in total. The number of allylic oxidation sites excluding steroid dienone is 2. The van der Waals surface area contributed by atoms with E-state index in [4.69, 9.17) is 9.47 Å². The van der Waals surface area contributed by atoms with Crippen molar-refractivity contribution in [3.63, 3.8) is 0 Å². The Kier molecular flexibility index (Phi) is 7.37. The maximum atomic E-state index is 5.48. The molecule has 102 valence electrons. The highest BCUT2D eigenvalue weighted by atomic mass is 16.5. The Morgan fingerprint density at radius 3 is 3.06 bits per heavy atom. The largest absolute Gasteiger partial charge is 0.477 e. The fourth-order valence-electron chi connectivity index (χ4n) is 1.60. The van der Waals surface area contributed by atoms with Gasteiger partial charge in [-0.15, -0.1) is 0 Å². The lowest BCUT2D eigenvalue weighted by Crippen LogP contribution is -2.29. The van der Waals surface area contributed by atoms with Crippen LogP contribution in [-0.2, 0) is 9.47 Å². The Morgan fingerprint density at radius 2 is 2.28 bits per heavy atom. The van der Waals surface area contributed by atoms with Crippen molar-refractivity contribution in [2.45, 2.75) is 20.3 Å². The van der Waals surface area contributed by atoms with Crippen LogP contribution in [0.4, 0.5) is 0 Å². The van der Waals surface area contributed by atoms with E-state index in [0.717, 1.165) is 44.8 Å². The third-order valence-corrected chi connectivity index (χ3v) is 2.86. The smallest absolute Gasteiger partial charge is 0.205 e. The Balaban J connectivity index is 2.16. The highest BCUT2D eigenvalue weighted by Crippen LogP contribution is 2.01. The number of aliphatic imine (C=N–C) groups is 1. The first kappa shape index (κ1) is 14.9. The molecule has 1 rings (SSSR count). The molecule has 0 aliphatic carbocycles. The van der Waals surface area contributed by atoms with E-state index in [1.165, 1.54) is 0 Å². The van der Waals surface area contributed by atoms with Crippen molar-refractivity contribution in [3.8, 4) is 0 Å². The van der Waals surface area contributed by atoms with E-state index in [1.807, 2.05) is 19.9 Å². The predicted molar refractivity (Wildman–Crippen MR) is 74.9 cm³/mol. The minimum atomic E-state index is 0.474. The molecule has 1 aliphatic heterocycles. The molecule has 0 unspecified atom stereocenters. The first-order valence-corrected chi connectivity index (χ1v) is 6.51. The zero-order chi connectivity index (χ0) is 13.2. The first-order chi connectivity index (χ1) is 8.72. The van der Waals surface area contributed by atoms with Crippen molar-refractivity contribution in [2.75, 3.05) is 39.5 Å². The third kappa shape index (κ3) is 6.57. The van der Waals surface area contributed by atoms with Gasteiger partial charge in [-0.05, 0) is 32.4 Å². The van der Waals surface area contributed by atoms with Crippen LogP contribution in [0.25, 0.3) is 0 Å². The van der Waals surface area contributed by atoms with Gasteiger partial charge in [0, 0.05) is 32.5 Å². The van der Waals surface area contributed by atoms with E-state index in [2.05, 4.69) is 16.5 Å². The Morgan fingerprint density at radius 1 is 1.44 bits per heavy atom. The van der Waals surface area contributed by atoms with Crippen molar-refractivity contribution in [1.29, 1.82) is 0 Å². The van der Waals surface area contributed by atoms with Crippen molar-refractivity contribution in [3.05, 3.63) is 24.1 Å². The van der Waals surface area contributed by atoms with Gasteiger partial charge in [-0.3, -0.25) is 4.90 Å². The summed E-state index contributed by atoms with van der Waals surface area (Å²) in [6.07, 6.45) is 4.86. The SMILES string of the molecule is C=C(/N=C\C(C)=C/C)OCCN1CCCOCC1. The van der Waals surface area contributed by atoms with E-state index in [-0.39, 0.29) is 0 Å². The van der Waals surface area contributed by atoms with Crippen molar-refractivity contribution >= 4 is 6.21 Å². The molecule has 1 fully saturated rings. The van der Waals surface area contributed by atoms with Crippen LogP contribution in [0.5, 0.6) is 0 Å². The fourth-order valence-corrected chi connectivity index (χ4v) is 1.60. The Bertz CT molecular complexity index is 303. The van der Waals surface area contributed by atoms with Gasteiger partial charge in [-0.1, -0.05) is 6.08 Å². The summed E-state index contributed by atoms with van der Waals surface area (Å²) in [4.78, 5) is 6.49. The second-order valence-electron chi connectivity index (χ2n) is 4.34. The summed E-state index contributed by atoms with van der Waals surface area (Å²) < 4.78 is 10.9. The second-order valence-corrected chi connectivity index (χ2v) is 4.34. The zero-order valence-corrected chi connectivity index (χ0v) is 11.5. The molecule has 0 N–H and O–H groups in total. The van der Waals surface area contributed by atoms with Gasteiger partial charge in [0.05, 0.1) is 6.61 Å². The summed E-state index contributed by atoms with van der Waals surface area (Å²) in [7, 11) is 0. The van der Waals surface area contributed by atoms with Crippen molar-refractivity contribution in [2.24, 2.45) is 4.99 Å². The minimum absolute atomic E-state index is 0.474. The molecule has 0 radical (unpaired) electrons. The average Bonchev–Trinajstić information content (AvgIpc) is 2.64. The number of hydrogen-bond acceptors (Lipinski definition) is 4. The molecule has 4 heteroatoms. The highest BCUT2D eigenvalue weighted by Gasteiger charge is 2.08. The maximum absolute atomic E-state index is 5.48. The Labute approximate surface area is 110 Å². The molecule has 1 saturated heterocycles. The lowest BCUT2D eigenvalue weighted by molar-refractivity contribution is 0.129. The third-order valence-electron chi connectivity index (χ3n) is 2.86. The van der Waals surface area contributed by atoms with Crippen LogP contribution >= 0.6 is 0 Å². The van der Waals surface area contributed by atoms with Gasteiger partial charge in [0.15, 0.2) is 0 Å². The van der Waals surface area contributed by atoms with Gasteiger partial charge in [0.25, 0.3) is 0 Å². The summed E-state index contributed by atoms with van der Waals surface area (Å²) in [6, 6.07) is 0. The second kappa shape index (κ2) is 8.89. The molecule has 0 bridgehead atoms. The molecule has 0 aromatic heterocycles. The molecule has 0 spiro atoms. The Hall–Kier alpha value is -1.13. The lowest BCUT2D eigenvalue weighted by atomic mass is 10.3. The quantitative estimate of drug-likeness (QED) is 0.537. The van der Waals surface area contributed by atoms with Gasteiger partial charge in [0.2, 0.25) is 5.88 Å². The summed E-state index contributed by atoms with van der Waals surface area (Å²) in [5.41, 5.74) is 1.10. The van der Waals surface area contributed by atoms with Gasteiger partial charge >= 0.3 is 0 Å². The van der Waals surface area contributed by atoms with Crippen LogP contribution in [0.15, 0.2) is 29.1 Å². The van der Waals surface area contributed by atoms with E-state index in [9.17, 15) is 0 Å². The van der Waals surface area contributed by atoms with E-state index < -0.39 is 0 Å². The zero-order valence-electron chi connectivity index (χ0n) is 11.5. The maximum Gasteiger partial charge on any atom is 0.205 e. The first-order valence-electron chi connectivity index (χ1n) is 6.51. The number of rotatable bonds is 6. The molecule has 0 aromatic rings. The van der Waals surface area contributed by atoms with Crippen LogP contribution in [0, 0.1) is 0 Å². The van der Waals surface area contributed by atoms with Crippen molar-refractivity contribution in [1.82, 2.24) is 4.90 Å².